The Morgan fingerprint density at radius 1 is 1.69 bits per heavy atom. The van der Waals surface area contributed by atoms with Gasteiger partial charge in [0.2, 0.25) is 0 Å². The summed E-state index contributed by atoms with van der Waals surface area (Å²) in [4.78, 5) is 15.4. The maximum absolute atomic E-state index is 10.5. The SMILES string of the molecule is Cc1nc(C(O)C2CC2)sc1C=O. The topological polar surface area (TPSA) is 50.2 Å². The minimum absolute atomic E-state index is 0.380. The van der Waals surface area contributed by atoms with Crippen LogP contribution in [-0.4, -0.2) is 16.4 Å². The van der Waals surface area contributed by atoms with Crippen molar-refractivity contribution in [2.45, 2.75) is 25.9 Å². The number of thiazole rings is 1. The van der Waals surface area contributed by atoms with Gasteiger partial charge in [-0.25, -0.2) is 4.98 Å². The zero-order chi connectivity index (χ0) is 9.42. The van der Waals surface area contributed by atoms with Crippen molar-refractivity contribution < 1.29 is 9.90 Å². The van der Waals surface area contributed by atoms with Gasteiger partial charge in [0.1, 0.15) is 11.1 Å². The van der Waals surface area contributed by atoms with Crippen LogP contribution in [0.2, 0.25) is 0 Å². The highest BCUT2D eigenvalue weighted by molar-refractivity contribution is 7.13. The molecular formula is C9H11NO2S. The van der Waals surface area contributed by atoms with E-state index in [0.717, 1.165) is 24.8 Å². The number of aromatic nitrogens is 1. The van der Waals surface area contributed by atoms with Crippen LogP contribution in [0.3, 0.4) is 0 Å². The van der Waals surface area contributed by atoms with Crippen LogP contribution < -0.4 is 0 Å². The van der Waals surface area contributed by atoms with Crippen LogP contribution in [0.5, 0.6) is 0 Å². The number of aliphatic hydroxyl groups excluding tert-OH is 1. The van der Waals surface area contributed by atoms with Crippen molar-refractivity contribution in [3.05, 3.63) is 15.6 Å². The third kappa shape index (κ3) is 1.64. The highest BCUT2D eigenvalue weighted by Crippen LogP contribution is 2.42. The number of rotatable bonds is 3. The van der Waals surface area contributed by atoms with Crippen molar-refractivity contribution in [3.8, 4) is 0 Å². The molecule has 0 bridgehead atoms. The molecule has 1 aromatic heterocycles. The van der Waals surface area contributed by atoms with Gasteiger partial charge in [0.25, 0.3) is 0 Å². The molecule has 0 amide bonds. The molecule has 1 aromatic rings. The summed E-state index contributed by atoms with van der Waals surface area (Å²) < 4.78 is 0. The molecule has 70 valence electrons. The quantitative estimate of drug-likeness (QED) is 0.750. The van der Waals surface area contributed by atoms with Crippen LogP contribution in [0.25, 0.3) is 0 Å². The van der Waals surface area contributed by atoms with E-state index in [4.69, 9.17) is 0 Å². The van der Waals surface area contributed by atoms with Crippen molar-refractivity contribution in [3.63, 3.8) is 0 Å². The van der Waals surface area contributed by atoms with E-state index in [-0.39, 0.29) is 0 Å². The minimum atomic E-state index is -0.447. The van der Waals surface area contributed by atoms with Crippen LogP contribution in [0.1, 0.15) is 39.3 Å². The molecule has 3 nitrogen and oxygen atoms in total. The Hall–Kier alpha value is -0.740. The number of aryl methyl sites for hydroxylation is 1. The number of carbonyl (C=O) groups is 1. The molecule has 2 rings (SSSR count). The molecule has 1 heterocycles. The van der Waals surface area contributed by atoms with Crippen molar-refractivity contribution in [2.75, 3.05) is 0 Å². The molecular weight excluding hydrogens is 186 g/mol. The monoisotopic (exact) mass is 197 g/mol. The van der Waals surface area contributed by atoms with Gasteiger partial charge in [-0.05, 0) is 25.7 Å². The van der Waals surface area contributed by atoms with Crippen molar-refractivity contribution in [1.29, 1.82) is 0 Å². The van der Waals surface area contributed by atoms with E-state index < -0.39 is 6.10 Å². The van der Waals surface area contributed by atoms with Crippen LogP contribution >= 0.6 is 11.3 Å². The van der Waals surface area contributed by atoms with Crippen molar-refractivity contribution in [2.24, 2.45) is 5.92 Å². The van der Waals surface area contributed by atoms with Gasteiger partial charge in [0.15, 0.2) is 6.29 Å². The third-order valence-electron chi connectivity index (χ3n) is 2.28. The number of nitrogens with zero attached hydrogens (tertiary/aromatic N) is 1. The third-order valence-corrected chi connectivity index (χ3v) is 3.43. The fourth-order valence-electron chi connectivity index (χ4n) is 1.28. The maximum Gasteiger partial charge on any atom is 0.161 e. The normalized spacial score (nSPS) is 18.6. The lowest BCUT2D eigenvalue weighted by Crippen LogP contribution is -1.98. The fraction of sp³-hybridized carbons (Fsp3) is 0.556. The molecule has 13 heavy (non-hydrogen) atoms. The molecule has 4 heteroatoms. The zero-order valence-electron chi connectivity index (χ0n) is 7.36. The first kappa shape index (κ1) is 8.84. The van der Waals surface area contributed by atoms with Gasteiger partial charge in [-0.2, -0.15) is 0 Å². The molecule has 1 saturated carbocycles. The van der Waals surface area contributed by atoms with Gasteiger partial charge < -0.3 is 5.11 Å². The number of carbonyl (C=O) groups excluding carboxylic acids is 1. The molecule has 0 radical (unpaired) electrons. The lowest BCUT2D eigenvalue weighted by atomic mass is 10.2. The van der Waals surface area contributed by atoms with E-state index in [1.165, 1.54) is 11.3 Å². The van der Waals surface area contributed by atoms with Gasteiger partial charge >= 0.3 is 0 Å². The predicted octanol–water partition coefficient (Wildman–Crippen LogP) is 1.71. The molecule has 0 aromatic carbocycles. The summed E-state index contributed by atoms with van der Waals surface area (Å²) in [5, 5.41) is 10.4. The van der Waals surface area contributed by atoms with E-state index in [9.17, 15) is 9.90 Å². The molecule has 1 unspecified atom stereocenters. The van der Waals surface area contributed by atoms with Crippen molar-refractivity contribution >= 4 is 17.6 Å². The zero-order valence-corrected chi connectivity index (χ0v) is 8.17. The Balaban J connectivity index is 2.24. The average molecular weight is 197 g/mol. The Morgan fingerprint density at radius 3 is 2.85 bits per heavy atom. The Morgan fingerprint density at radius 2 is 2.38 bits per heavy atom. The highest BCUT2D eigenvalue weighted by Gasteiger charge is 2.33. The first-order valence-electron chi connectivity index (χ1n) is 4.33. The van der Waals surface area contributed by atoms with E-state index in [1.807, 2.05) is 0 Å². The van der Waals surface area contributed by atoms with Gasteiger partial charge in [-0.15, -0.1) is 11.3 Å². The van der Waals surface area contributed by atoms with Crippen molar-refractivity contribution in [1.82, 2.24) is 4.98 Å². The summed E-state index contributed by atoms with van der Waals surface area (Å²) in [6.07, 6.45) is 2.51. The van der Waals surface area contributed by atoms with Crippen LogP contribution in [-0.2, 0) is 0 Å². The van der Waals surface area contributed by atoms with Crippen LogP contribution in [0.15, 0.2) is 0 Å². The lowest BCUT2D eigenvalue weighted by molar-refractivity contribution is 0.112. The van der Waals surface area contributed by atoms with Crippen LogP contribution in [0, 0.1) is 12.8 Å². The second-order valence-corrected chi connectivity index (χ2v) is 4.46. The molecule has 0 aliphatic heterocycles. The Kier molecular flexibility index (Phi) is 2.17. The molecule has 0 spiro atoms. The van der Waals surface area contributed by atoms with E-state index >= 15 is 0 Å². The molecule has 1 atom stereocenters. The number of aliphatic hydroxyl groups is 1. The summed E-state index contributed by atoms with van der Waals surface area (Å²) in [5.41, 5.74) is 0.731. The Bertz CT molecular complexity index is 330. The lowest BCUT2D eigenvalue weighted by Gasteiger charge is -2.02. The summed E-state index contributed by atoms with van der Waals surface area (Å²) >= 11 is 1.31. The number of hydrogen-bond donors (Lipinski definition) is 1. The van der Waals surface area contributed by atoms with Gasteiger partial charge in [0, 0.05) is 0 Å². The standard InChI is InChI=1S/C9H11NO2S/c1-5-7(4-11)13-9(10-5)8(12)6-2-3-6/h4,6,8,12H,2-3H2,1H3. The first-order valence-corrected chi connectivity index (χ1v) is 5.14. The van der Waals surface area contributed by atoms with Crippen LogP contribution in [0.4, 0.5) is 0 Å². The van der Waals surface area contributed by atoms with E-state index in [0.29, 0.717) is 15.8 Å². The molecule has 1 aliphatic rings. The first-order chi connectivity index (χ1) is 6.22. The highest BCUT2D eigenvalue weighted by atomic mass is 32.1. The average Bonchev–Trinajstić information content (AvgIpc) is 2.89. The van der Waals surface area contributed by atoms with E-state index in [1.54, 1.807) is 6.92 Å². The Labute approximate surface area is 80.4 Å². The maximum atomic E-state index is 10.5. The summed E-state index contributed by atoms with van der Waals surface area (Å²) in [6, 6.07) is 0. The summed E-state index contributed by atoms with van der Waals surface area (Å²) in [5.74, 6) is 0.380. The van der Waals surface area contributed by atoms with Gasteiger partial charge in [-0.3, -0.25) is 4.79 Å². The molecule has 1 fully saturated rings. The number of hydrogen-bond acceptors (Lipinski definition) is 4. The minimum Gasteiger partial charge on any atom is -0.386 e. The summed E-state index contributed by atoms with van der Waals surface area (Å²) in [7, 11) is 0. The second kappa shape index (κ2) is 3.20. The molecule has 0 saturated heterocycles. The van der Waals surface area contributed by atoms with E-state index in [2.05, 4.69) is 4.98 Å². The van der Waals surface area contributed by atoms with Gasteiger partial charge in [-0.1, -0.05) is 0 Å². The second-order valence-electron chi connectivity index (χ2n) is 3.40. The largest absolute Gasteiger partial charge is 0.386 e. The number of aldehydes is 1. The van der Waals surface area contributed by atoms with Gasteiger partial charge in [0.05, 0.1) is 10.6 Å². The molecule has 1 aliphatic carbocycles. The predicted molar refractivity (Wildman–Crippen MR) is 49.9 cm³/mol. The smallest absolute Gasteiger partial charge is 0.161 e. The molecule has 1 N–H and O–H groups in total. The summed E-state index contributed by atoms with van der Waals surface area (Å²) in [6.45, 7) is 1.79. The fourth-order valence-corrected chi connectivity index (χ4v) is 2.24.